The van der Waals surface area contributed by atoms with Crippen LogP contribution < -0.4 is 14.8 Å². The Hall–Kier alpha value is -1.40. The van der Waals surface area contributed by atoms with E-state index >= 15 is 0 Å². The van der Waals surface area contributed by atoms with E-state index in [-0.39, 0.29) is 5.75 Å². The molecule has 0 heterocycles. The van der Waals surface area contributed by atoms with E-state index in [9.17, 15) is 8.78 Å². The van der Waals surface area contributed by atoms with Crippen molar-refractivity contribution in [3.05, 3.63) is 23.8 Å². The zero-order chi connectivity index (χ0) is 15.8. The first-order valence-corrected chi connectivity index (χ1v) is 6.96. The Balaban J connectivity index is 2.52. The molecule has 1 N–H and O–H groups in total. The Bertz CT molecular complexity index is 428. The third kappa shape index (κ3) is 6.27. The van der Waals surface area contributed by atoms with Gasteiger partial charge in [0.2, 0.25) is 0 Å². The summed E-state index contributed by atoms with van der Waals surface area (Å²) in [5.74, 6) is 0.365. The fraction of sp³-hybridized carbons (Fsp3) is 0.600. The van der Waals surface area contributed by atoms with Gasteiger partial charge in [-0.15, -0.1) is 0 Å². The van der Waals surface area contributed by atoms with Crippen molar-refractivity contribution in [2.75, 3.05) is 27.2 Å². The van der Waals surface area contributed by atoms with Crippen molar-refractivity contribution in [1.29, 1.82) is 0 Å². The fourth-order valence-electron chi connectivity index (χ4n) is 1.77. The maximum absolute atomic E-state index is 12.3. The molecule has 120 valence electrons. The van der Waals surface area contributed by atoms with Gasteiger partial charge in [-0.05, 0) is 38.6 Å². The molecule has 1 rings (SSSR count). The summed E-state index contributed by atoms with van der Waals surface area (Å²) >= 11 is 0. The van der Waals surface area contributed by atoms with Crippen LogP contribution in [0.5, 0.6) is 11.5 Å². The number of nitrogens with one attached hydrogen (secondary N) is 1. The average molecular weight is 302 g/mol. The second-order valence-corrected chi connectivity index (χ2v) is 5.11. The van der Waals surface area contributed by atoms with E-state index in [1.165, 1.54) is 7.11 Å². The third-order valence-corrected chi connectivity index (χ3v) is 3.30. The van der Waals surface area contributed by atoms with Crippen molar-refractivity contribution in [2.24, 2.45) is 0 Å². The number of alkyl halides is 2. The third-order valence-electron chi connectivity index (χ3n) is 3.30. The van der Waals surface area contributed by atoms with Crippen molar-refractivity contribution < 1.29 is 18.3 Å². The molecule has 0 atom stereocenters. The van der Waals surface area contributed by atoms with Crippen LogP contribution in [-0.2, 0) is 6.54 Å². The molecular weight excluding hydrogens is 278 g/mol. The standard InChI is InChI=1S/C15H24F2N2O2/c1-11(2)19(3)8-7-18-10-12-5-6-13(20-4)14(9-12)21-15(16)17/h5-6,9,11,15,18H,7-8,10H2,1-4H3. The summed E-state index contributed by atoms with van der Waals surface area (Å²) in [7, 11) is 3.49. The minimum Gasteiger partial charge on any atom is -0.493 e. The topological polar surface area (TPSA) is 33.7 Å². The van der Waals surface area contributed by atoms with Crippen LogP contribution in [0.25, 0.3) is 0 Å². The van der Waals surface area contributed by atoms with E-state index in [4.69, 9.17) is 4.74 Å². The summed E-state index contributed by atoms with van der Waals surface area (Å²) < 4.78 is 34.1. The molecule has 0 saturated carbocycles. The van der Waals surface area contributed by atoms with Crippen LogP contribution in [-0.4, -0.2) is 44.8 Å². The molecule has 0 aliphatic carbocycles. The summed E-state index contributed by atoms with van der Waals surface area (Å²) in [5, 5.41) is 3.28. The minimum absolute atomic E-state index is 0.0612. The molecule has 1 aromatic carbocycles. The van der Waals surface area contributed by atoms with E-state index in [2.05, 4.69) is 35.8 Å². The molecule has 0 fully saturated rings. The second-order valence-electron chi connectivity index (χ2n) is 5.11. The molecule has 0 aromatic heterocycles. The smallest absolute Gasteiger partial charge is 0.387 e. The van der Waals surface area contributed by atoms with Gasteiger partial charge in [0.15, 0.2) is 11.5 Å². The molecule has 1 aromatic rings. The van der Waals surface area contributed by atoms with Gasteiger partial charge in [-0.1, -0.05) is 6.07 Å². The fourth-order valence-corrected chi connectivity index (χ4v) is 1.77. The number of nitrogens with zero attached hydrogens (tertiary/aromatic N) is 1. The van der Waals surface area contributed by atoms with Crippen molar-refractivity contribution in [3.8, 4) is 11.5 Å². The highest BCUT2D eigenvalue weighted by Gasteiger charge is 2.11. The van der Waals surface area contributed by atoms with Gasteiger partial charge in [-0.25, -0.2) is 0 Å². The van der Waals surface area contributed by atoms with E-state index in [1.807, 2.05) is 6.07 Å². The maximum Gasteiger partial charge on any atom is 0.387 e. The average Bonchev–Trinajstić information content (AvgIpc) is 2.42. The molecule has 0 aliphatic rings. The molecule has 0 aliphatic heterocycles. The van der Waals surface area contributed by atoms with Gasteiger partial charge in [0.1, 0.15) is 0 Å². The zero-order valence-corrected chi connectivity index (χ0v) is 13.0. The summed E-state index contributed by atoms with van der Waals surface area (Å²) in [6.45, 7) is 3.76. The van der Waals surface area contributed by atoms with Gasteiger partial charge in [0.05, 0.1) is 7.11 Å². The highest BCUT2D eigenvalue weighted by molar-refractivity contribution is 5.42. The highest BCUT2D eigenvalue weighted by Crippen LogP contribution is 2.29. The Morgan fingerprint density at radius 3 is 2.52 bits per heavy atom. The Kier molecular flexibility index (Phi) is 7.39. The Morgan fingerprint density at radius 1 is 1.24 bits per heavy atom. The number of hydrogen-bond acceptors (Lipinski definition) is 4. The molecule has 4 nitrogen and oxygen atoms in total. The number of methoxy groups -OCH3 is 1. The molecule has 0 amide bonds. The van der Waals surface area contributed by atoms with Crippen molar-refractivity contribution in [2.45, 2.75) is 33.0 Å². The lowest BCUT2D eigenvalue weighted by molar-refractivity contribution is -0.0512. The van der Waals surface area contributed by atoms with Crippen LogP contribution in [0.4, 0.5) is 8.78 Å². The molecule has 0 bridgehead atoms. The number of benzene rings is 1. The first-order chi connectivity index (χ1) is 9.93. The summed E-state index contributed by atoms with van der Waals surface area (Å²) in [4.78, 5) is 2.23. The van der Waals surface area contributed by atoms with Gasteiger partial charge in [-0.2, -0.15) is 8.78 Å². The van der Waals surface area contributed by atoms with E-state index in [0.29, 0.717) is 18.3 Å². The monoisotopic (exact) mass is 302 g/mol. The molecule has 21 heavy (non-hydrogen) atoms. The number of rotatable bonds is 9. The maximum atomic E-state index is 12.3. The number of halogens is 2. The summed E-state index contributed by atoms with van der Waals surface area (Å²) in [5.41, 5.74) is 0.874. The van der Waals surface area contributed by atoms with Crippen LogP contribution in [0.3, 0.4) is 0 Å². The van der Waals surface area contributed by atoms with Crippen LogP contribution in [0.1, 0.15) is 19.4 Å². The molecule has 6 heteroatoms. The molecular formula is C15H24F2N2O2. The second kappa shape index (κ2) is 8.79. The first kappa shape index (κ1) is 17.7. The van der Waals surface area contributed by atoms with Crippen LogP contribution in [0, 0.1) is 0 Å². The van der Waals surface area contributed by atoms with Gasteiger partial charge in [0.25, 0.3) is 0 Å². The van der Waals surface area contributed by atoms with Crippen LogP contribution in [0.2, 0.25) is 0 Å². The number of ether oxygens (including phenoxy) is 2. The predicted molar refractivity (Wildman–Crippen MR) is 79.1 cm³/mol. The van der Waals surface area contributed by atoms with E-state index < -0.39 is 6.61 Å². The highest BCUT2D eigenvalue weighted by atomic mass is 19.3. The lowest BCUT2D eigenvalue weighted by Gasteiger charge is -2.21. The molecule has 0 spiro atoms. The normalized spacial score (nSPS) is 11.5. The number of likely N-dealkylation sites (N-methyl/N-ethyl adjacent to an activating group) is 1. The van der Waals surface area contributed by atoms with E-state index in [0.717, 1.165) is 18.7 Å². The summed E-state index contributed by atoms with van der Waals surface area (Å²) in [6.07, 6.45) is 0. The summed E-state index contributed by atoms with van der Waals surface area (Å²) in [6, 6.07) is 5.54. The van der Waals surface area contributed by atoms with Crippen molar-refractivity contribution in [3.63, 3.8) is 0 Å². The largest absolute Gasteiger partial charge is 0.493 e. The van der Waals surface area contributed by atoms with Crippen LogP contribution in [0.15, 0.2) is 18.2 Å². The van der Waals surface area contributed by atoms with Gasteiger partial charge in [-0.3, -0.25) is 0 Å². The lowest BCUT2D eigenvalue weighted by atomic mass is 10.2. The lowest BCUT2D eigenvalue weighted by Crippen LogP contribution is -2.33. The van der Waals surface area contributed by atoms with Gasteiger partial charge in [0, 0.05) is 25.7 Å². The zero-order valence-electron chi connectivity index (χ0n) is 13.0. The van der Waals surface area contributed by atoms with Gasteiger partial charge < -0.3 is 19.7 Å². The number of hydrogen-bond donors (Lipinski definition) is 1. The molecule has 0 radical (unpaired) electrons. The van der Waals surface area contributed by atoms with Crippen LogP contribution >= 0.6 is 0 Å². The SMILES string of the molecule is COc1ccc(CNCCN(C)C(C)C)cc1OC(F)F. The van der Waals surface area contributed by atoms with E-state index in [1.54, 1.807) is 12.1 Å². The molecule has 0 unspecified atom stereocenters. The van der Waals surface area contributed by atoms with Crippen molar-refractivity contribution >= 4 is 0 Å². The Morgan fingerprint density at radius 2 is 1.95 bits per heavy atom. The predicted octanol–water partition coefficient (Wildman–Crippen LogP) is 2.73. The van der Waals surface area contributed by atoms with Gasteiger partial charge >= 0.3 is 6.61 Å². The minimum atomic E-state index is -2.86. The quantitative estimate of drug-likeness (QED) is 0.711. The first-order valence-electron chi connectivity index (χ1n) is 6.96. The Labute approximate surface area is 125 Å². The molecule has 0 saturated heterocycles. The van der Waals surface area contributed by atoms with Crippen molar-refractivity contribution in [1.82, 2.24) is 10.2 Å².